The molecule has 0 radical (unpaired) electrons. The Hall–Kier alpha value is -0.870. The predicted octanol–water partition coefficient (Wildman–Crippen LogP) is 2.64. The third-order valence-electron chi connectivity index (χ3n) is 5.01. The molecule has 1 aliphatic rings. The van der Waals surface area contributed by atoms with Crippen molar-refractivity contribution in [1.29, 1.82) is 0 Å². The van der Waals surface area contributed by atoms with Crippen molar-refractivity contribution in [3.63, 3.8) is 0 Å². The molecule has 2 N–H and O–H groups in total. The summed E-state index contributed by atoms with van der Waals surface area (Å²) >= 11 is 0. The molecule has 1 aromatic heterocycles. The van der Waals surface area contributed by atoms with Crippen LogP contribution in [0, 0.1) is 19.8 Å². The number of aryl methyl sites for hydroxylation is 2. The maximum atomic E-state index is 5.89. The molecular formula is C16H30N4. The van der Waals surface area contributed by atoms with Crippen LogP contribution in [0.1, 0.15) is 56.6 Å². The van der Waals surface area contributed by atoms with Gasteiger partial charge < -0.3 is 5.73 Å². The first-order valence-electron chi connectivity index (χ1n) is 7.99. The van der Waals surface area contributed by atoms with Gasteiger partial charge in [0.25, 0.3) is 0 Å². The van der Waals surface area contributed by atoms with E-state index in [9.17, 15) is 0 Å². The minimum Gasteiger partial charge on any atom is -0.330 e. The lowest BCUT2D eigenvalue weighted by Gasteiger charge is -2.41. The van der Waals surface area contributed by atoms with Crippen LogP contribution < -0.4 is 5.73 Å². The Morgan fingerprint density at radius 1 is 1.35 bits per heavy atom. The molecule has 114 valence electrons. The number of hydrogen-bond donors (Lipinski definition) is 1. The van der Waals surface area contributed by atoms with Crippen molar-refractivity contribution in [1.82, 2.24) is 14.7 Å². The number of nitrogens with zero attached hydrogens (tertiary/aromatic N) is 3. The molecule has 3 unspecified atom stereocenters. The van der Waals surface area contributed by atoms with Crippen molar-refractivity contribution in [2.24, 2.45) is 11.7 Å². The molecule has 2 rings (SSSR count). The van der Waals surface area contributed by atoms with E-state index in [1.165, 1.54) is 29.8 Å². The van der Waals surface area contributed by atoms with Gasteiger partial charge >= 0.3 is 0 Å². The highest BCUT2D eigenvalue weighted by atomic mass is 15.3. The number of nitrogens with two attached hydrogens (primary N) is 1. The zero-order valence-corrected chi connectivity index (χ0v) is 13.7. The molecule has 0 amide bonds. The van der Waals surface area contributed by atoms with Crippen LogP contribution in [0.5, 0.6) is 0 Å². The van der Waals surface area contributed by atoms with E-state index in [1.54, 1.807) is 0 Å². The molecule has 3 atom stereocenters. The van der Waals surface area contributed by atoms with Gasteiger partial charge in [-0.15, -0.1) is 0 Å². The first-order chi connectivity index (χ1) is 9.49. The molecule has 0 bridgehead atoms. The topological polar surface area (TPSA) is 47.1 Å². The third kappa shape index (κ3) is 2.77. The van der Waals surface area contributed by atoms with E-state index in [1.807, 2.05) is 0 Å². The number of rotatable bonds is 4. The monoisotopic (exact) mass is 278 g/mol. The summed E-state index contributed by atoms with van der Waals surface area (Å²) in [7, 11) is 0. The standard InChI is InChI=1S/C16H30N4/c1-6-20-14(5)16(12(3)18-20)13(4)19-10-15(9-17)8-7-11(19)2/h11,13,15H,6-10,17H2,1-5H3. The minimum absolute atomic E-state index is 0.430. The molecule has 0 aliphatic carbocycles. The van der Waals surface area contributed by atoms with Crippen molar-refractivity contribution in [2.45, 2.75) is 66.1 Å². The van der Waals surface area contributed by atoms with E-state index >= 15 is 0 Å². The van der Waals surface area contributed by atoms with Crippen LogP contribution in [0.25, 0.3) is 0 Å². The van der Waals surface area contributed by atoms with Crippen LogP contribution in [-0.2, 0) is 6.54 Å². The zero-order valence-electron chi connectivity index (χ0n) is 13.7. The third-order valence-corrected chi connectivity index (χ3v) is 5.01. The summed E-state index contributed by atoms with van der Waals surface area (Å²) in [6, 6.07) is 1.07. The molecule has 20 heavy (non-hydrogen) atoms. The van der Waals surface area contributed by atoms with Crippen LogP contribution in [0.2, 0.25) is 0 Å². The predicted molar refractivity (Wildman–Crippen MR) is 83.7 cm³/mol. The van der Waals surface area contributed by atoms with Gasteiger partial charge in [-0.25, -0.2) is 0 Å². The quantitative estimate of drug-likeness (QED) is 0.921. The highest BCUT2D eigenvalue weighted by Crippen LogP contribution is 2.33. The molecule has 2 heterocycles. The van der Waals surface area contributed by atoms with Gasteiger partial charge in [0.15, 0.2) is 0 Å². The van der Waals surface area contributed by atoms with Crippen LogP contribution in [0.4, 0.5) is 0 Å². The molecule has 0 aromatic carbocycles. The summed E-state index contributed by atoms with van der Waals surface area (Å²) in [6.45, 7) is 14.0. The molecule has 4 nitrogen and oxygen atoms in total. The number of hydrogen-bond acceptors (Lipinski definition) is 3. The number of piperidine rings is 1. The lowest BCUT2D eigenvalue weighted by molar-refractivity contribution is 0.0807. The van der Waals surface area contributed by atoms with Gasteiger partial charge in [-0.05, 0) is 59.9 Å². The summed E-state index contributed by atoms with van der Waals surface area (Å²) < 4.78 is 2.12. The SMILES string of the molecule is CCn1nc(C)c(C(C)N2CC(CN)CCC2C)c1C. The Morgan fingerprint density at radius 2 is 2.05 bits per heavy atom. The second-order valence-electron chi connectivity index (χ2n) is 6.30. The van der Waals surface area contributed by atoms with Gasteiger partial charge in [0.1, 0.15) is 0 Å². The smallest absolute Gasteiger partial charge is 0.0644 e. The van der Waals surface area contributed by atoms with Gasteiger partial charge in [0.2, 0.25) is 0 Å². The minimum atomic E-state index is 0.430. The Kier molecular flexibility index (Phi) is 4.86. The van der Waals surface area contributed by atoms with E-state index in [0.717, 1.165) is 19.6 Å². The van der Waals surface area contributed by atoms with Crippen LogP contribution in [0.3, 0.4) is 0 Å². The van der Waals surface area contributed by atoms with E-state index in [-0.39, 0.29) is 0 Å². The van der Waals surface area contributed by atoms with E-state index < -0.39 is 0 Å². The fourth-order valence-corrected chi connectivity index (χ4v) is 3.73. The van der Waals surface area contributed by atoms with E-state index in [0.29, 0.717) is 18.0 Å². The first kappa shape index (κ1) is 15.5. The summed E-state index contributed by atoms with van der Waals surface area (Å²) in [6.07, 6.45) is 2.53. The Morgan fingerprint density at radius 3 is 2.60 bits per heavy atom. The molecule has 4 heteroatoms. The average molecular weight is 278 g/mol. The van der Waals surface area contributed by atoms with Crippen molar-refractivity contribution < 1.29 is 0 Å². The van der Waals surface area contributed by atoms with Crippen molar-refractivity contribution in [3.8, 4) is 0 Å². The highest BCUT2D eigenvalue weighted by Gasteiger charge is 2.31. The fraction of sp³-hybridized carbons (Fsp3) is 0.812. The number of aromatic nitrogens is 2. The second-order valence-corrected chi connectivity index (χ2v) is 6.30. The Labute approximate surface area is 123 Å². The Bertz CT molecular complexity index is 452. The molecular weight excluding hydrogens is 248 g/mol. The largest absolute Gasteiger partial charge is 0.330 e. The molecule has 0 spiro atoms. The van der Waals surface area contributed by atoms with Gasteiger partial charge in [-0.2, -0.15) is 5.10 Å². The zero-order chi connectivity index (χ0) is 14.9. The van der Waals surface area contributed by atoms with Gasteiger partial charge in [0, 0.05) is 36.4 Å². The second kappa shape index (κ2) is 6.27. The summed E-state index contributed by atoms with van der Waals surface area (Å²) in [5, 5.41) is 4.67. The number of likely N-dealkylation sites (tertiary alicyclic amines) is 1. The van der Waals surface area contributed by atoms with Crippen molar-refractivity contribution in [2.75, 3.05) is 13.1 Å². The van der Waals surface area contributed by atoms with Crippen LogP contribution in [-0.4, -0.2) is 33.8 Å². The average Bonchev–Trinajstić information content (AvgIpc) is 2.73. The highest BCUT2D eigenvalue weighted by molar-refractivity contribution is 5.28. The summed E-state index contributed by atoms with van der Waals surface area (Å²) in [5.41, 5.74) is 9.80. The fourth-order valence-electron chi connectivity index (χ4n) is 3.73. The van der Waals surface area contributed by atoms with Gasteiger partial charge in [0.05, 0.1) is 5.69 Å². The van der Waals surface area contributed by atoms with Crippen molar-refractivity contribution in [3.05, 3.63) is 17.0 Å². The van der Waals surface area contributed by atoms with E-state index in [2.05, 4.69) is 49.3 Å². The summed E-state index contributed by atoms with van der Waals surface area (Å²) in [4.78, 5) is 2.62. The van der Waals surface area contributed by atoms with Crippen LogP contribution >= 0.6 is 0 Å². The molecule has 1 aliphatic heterocycles. The maximum Gasteiger partial charge on any atom is 0.0644 e. The molecule has 1 saturated heterocycles. The van der Waals surface area contributed by atoms with Crippen LogP contribution in [0.15, 0.2) is 0 Å². The van der Waals surface area contributed by atoms with Crippen molar-refractivity contribution >= 4 is 0 Å². The summed E-state index contributed by atoms with van der Waals surface area (Å²) in [5.74, 6) is 0.649. The maximum absolute atomic E-state index is 5.89. The lowest BCUT2D eigenvalue weighted by atomic mass is 9.90. The van der Waals surface area contributed by atoms with Gasteiger partial charge in [-0.3, -0.25) is 9.58 Å². The molecule has 1 aromatic rings. The molecule has 0 saturated carbocycles. The first-order valence-corrected chi connectivity index (χ1v) is 7.99. The Balaban J connectivity index is 2.25. The van der Waals surface area contributed by atoms with Gasteiger partial charge in [-0.1, -0.05) is 0 Å². The normalized spacial score (nSPS) is 25.9. The van der Waals surface area contributed by atoms with E-state index in [4.69, 9.17) is 5.73 Å². The lowest BCUT2D eigenvalue weighted by Crippen LogP contribution is -2.45. The molecule has 1 fully saturated rings.